The van der Waals surface area contributed by atoms with E-state index in [1.807, 2.05) is 13.0 Å². The zero-order valence-electron chi connectivity index (χ0n) is 17.4. The number of rotatable bonds is 7. The number of benzene rings is 2. The minimum absolute atomic E-state index is 0.272. The third-order valence-electron chi connectivity index (χ3n) is 6.03. The molecule has 3 aromatic rings. The lowest BCUT2D eigenvalue weighted by Gasteiger charge is -2.29. The van der Waals surface area contributed by atoms with Gasteiger partial charge in [0.05, 0.1) is 5.56 Å². The average molecular weight is 469 g/mol. The smallest absolute Gasteiger partial charge is 0.262 e. The van der Waals surface area contributed by atoms with E-state index >= 15 is 0 Å². The Morgan fingerprint density at radius 1 is 0.967 bits per heavy atom. The highest BCUT2D eigenvalue weighted by Crippen LogP contribution is 2.39. The number of aromatic amines is 1. The molecule has 0 saturated carbocycles. The zero-order chi connectivity index (χ0) is 21.6. The third-order valence-corrected chi connectivity index (χ3v) is 6.66. The van der Waals surface area contributed by atoms with E-state index in [1.165, 1.54) is 24.2 Å². The van der Waals surface area contributed by atoms with E-state index in [9.17, 15) is 14.4 Å². The molecule has 0 atom stereocenters. The summed E-state index contributed by atoms with van der Waals surface area (Å²) < 4.78 is 0.536. The van der Waals surface area contributed by atoms with Gasteiger partial charge < -0.3 is 4.98 Å². The number of imide groups is 1. The lowest BCUT2D eigenvalue weighted by molar-refractivity contribution is 0.0607. The van der Waals surface area contributed by atoms with Gasteiger partial charge in [-0.3, -0.25) is 19.3 Å². The largest absolute Gasteiger partial charge is 0.322 e. The molecule has 4 rings (SSSR count). The fraction of sp³-hybridized carbons (Fsp3) is 0.375. The molecule has 0 radical (unpaired) electrons. The number of amides is 2. The van der Waals surface area contributed by atoms with Crippen molar-refractivity contribution < 1.29 is 9.59 Å². The van der Waals surface area contributed by atoms with Crippen molar-refractivity contribution in [3.8, 4) is 0 Å². The Hall–Kier alpha value is -2.47. The van der Waals surface area contributed by atoms with E-state index in [1.54, 1.807) is 6.07 Å². The van der Waals surface area contributed by atoms with Crippen LogP contribution in [0.1, 0.15) is 71.7 Å². The van der Waals surface area contributed by atoms with Gasteiger partial charge in [0.2, 0.25) is 0 Å². The van der Waals surface area contributed by atoms with E-state index in [-0.39, 0.29) is 17.4 Å². The Morgan fingerprint density at radius 2 is 1.67 bits per heavy atom. The number of nitrogens with one attached hydrogen (secondary N) is 1. The summed E-state index contributed by atoms with van der Waals surface area (Å²) in [7, 11) is 0. The van der Waals surface area contributed by atoms with Gasteiger partial charge in [0.1, 0.15) is 0 Å². The number of hydrogen-bond donors (Lipinski definition) is 1. The Bertz CT molecular complexity index is 1290. The predicted molar refractivity (Wildman–Crippen MR) is 124 cm³/mol. The molecule has 5 nitrogen and oxygen atoms in total. The summed E-state index contributed by atoms with van der Waals surface area (Å²) in [6.45, 7) is 8.47. The first-order valence-corrected chi connectivity index (χ1v) is 11.3. The standard InChI is InChI=1S/C24H25BrN2O3/c1-4-5-6-7-8-9-10-27-23(29)16-11-13(2)18-14(3)26-22(28)15-12-17(25)21(24(27)30)20(16)19(15)18/h11-12H,3-10H2,1-2H3,(H,26,28). The van der Waals surface area contributed by atoms with Gasteiger partial charge in [0, 0.05) is 43.5 Å². The molecule has 2 aromatic carbocycles. The summed E-state index contributed by atoms with van der Waals surface area (Å²) in [6.07, 6.45) is 6.49. The second kappa shape index (κ2) is 7.99. The molecule has 0 saturated heterocycles. The van der Waals surface area contributed by atoms with Crippen LogP contribution in [-0.4, -0.2) is 28.2 Å². The second-order valence-corrected chi connectivity index (χ2v) is 8.96. The van der Waals surface area contributed by atoms with Crippen LogP contribution >= 0.6 is 15.9 Å². The van der Waals surface area contributed by atoms with Crippen LogP contribution in [0, 0.1) is 6.92 Å². The van der Waals surface area contributed by atoms with Gasteiger partial charge in [-0.15, -0.1) is 0 Å². The van der Waals surface area contributed by atoms with E-state index in [0.717, 1.165) is 30.2 Å². The highest BCUT2D eigenvalue weighted by atomic mass is 79.9. The number of halogens is 1. The Kier molecular flexibility index (Phi) is 5.53. The van der Waals surface area contributed by atoms with Crippen LogP contribution in [0.4, 0.5) is 0 Å². The first kappa shape index (κ1) is 20.8. The summed E-state index contributed by atoms with van der Waals surface area (Å²) in [5, 5.41) is 2.96. The summed E-state index contributed by atoms with van der Waals surface area (Å²) >= 11 is 3.48. The van der Waals surface area contributed by atoms with Gasteiger partial charge in [0.25, 0.3) is 17.4 Å². The van der Waals surface area contributed by atoms with Gasteiger partial charge in [-0.2, -0.15) is 0 Å². The number of aryl methyl sites for hydroxylation is 1. The molecule has 0 bridgehead atoms. The van der Waals surface area contributed by atoms with E-state index in [0.29, 0.717) is 43.7 Å². The predicted octanol–water partition coefficient (Wildman–Crippen LogP) is 4.84. The van der Waals surface area contributed by atoms with Gasteiger partial charge in [-0.1, -0.05) is 45.6 Å². The van der Waals surface area contributed by atoms with Gasteiger partial charge in [-0.05, 0) is 47.0 Å². The van der Waals surface area contributed by atoms with Crippen LogP contribution in [0.3, 0.4) is 0 Å². The fourth-order valence-corrected chi connectivity index (χ4v) is 5.17. The molecule has 1 aromatic heterocycles. The van der Waals surface area contributed by atoms with Crippen LogP contribution in [0.2, 0.25) is 0 Å². The maximum Gasteiger partial charge on any atom is 0.262 e. The summed E-state index contributed by atoms with van der Waals surface area (Å²) in [5.41, 5.74) is 1.53. The normalized spacial score (nSPS) is 13.8. The SMILES string of the molecule is C=c1[nH]c(=O)c2cc(Br)c3c4c(cc(C)c1c42)C(=O)N(CCCCCCCC)C3=O. The van der Waals surface area contributed by atoms with E-state index in [4.69, 9.17) is 0 Å². The minimum Gasteiger partial charge on any atom is -0.322 e. The molecule has 30 heavy (non-hydrogen) atoms. The number of unbranched alkanes of at least 4 members (excludes halogenated alkanes) is 5. The van der Waals surface area contributed by atoms with Crippen molar-refractivity contribution in [3.05, 3.63) is 49.0 Å². The number of nitrogens with zero attached hydrogens (tertiary/aromatic N) is 1. The number of hydrogen-bond acceptors (Lipinski definition) is 3. The summed E-state index contributed by atoms with van der Waals surface area (Å²) in [4.78, 5) is 43.4. The lowest BCUT2D eigenvalue weighted by atomic mass is 9.88. The number of carbonyl (C=O) groups excluding carboxylic acids is 2. The Balaban J connectivity index is 1.82. The molecule has 0 aliphatic carbocycles. The van der Waals surface area contributed by atoms with Crippen molar-refractivity contribution in [1.82, 2.24) is 9.88 Å². The highest BCUT2D eigenvalue weighted by molar-refractivity contribution is 9.10. The number of carbonyl (C=O) groups is 2. The minimum atomic E-state index is -0.300. The lowest BCUT2D eigenvalue weighted by Crippen LogP contribution is -2.41. The molecule has 0 spiro atoms. The van der Waals surface area contributed by atoms with Gasteiger partial charge in [0.15, 0.2) is 0 Å². The molecule has 1 N–H and O–H groups in total. The maximum absolute atomic E-state index is 13.3. The van der Waals surface area contributed by atoms with Crippen molar-refractivity contribution in [2.75, 3.05) is 6.54 Å². The highest BCUT2D eigenvalue weighted by Gasteiger charge is 2.35. The fourth-order valence-electron chi connectivity index (χ4n) is 4.58. The Morgan fingerprint density at radius 3 is 2.40 bits per heavy atom. The maximum atomic E-state index is 13.3. The molecular weight excluding hydrogens is 444 g/mol. The van der Waals surface area contributed by atoms with Crippen LogP contribution in [0.15, 0.2) is 21.4 Å². The van der Waals surface area contributed by atoms with Crippen molar-refractivity contribution in [1.29, 1.82) is 0 Å². The topological polar surface area (TPSA) is 70.2 Å². The first-order chi connectivity index (χ1) is 14.4. The van der Waals surface area contributed by atoms with Crippen LogP contribution < -0.4 is 10.9 Å². The molecular formula is C24H25BrN2O3. The van der Waals surface area contributed by atoms with Crippen LogP contribution in [0.25, 0.3) is 28.1 Å². The molecule has 0 fully saturated rings. The number of pyridine rings is 1. The van der Waals surface area contributed by atoms with E-state index < -0.39 is 0 Å². The molecule has 6 heteroatoms. The monoisotopic (exact) mass is 468 g/mol. The van der Waals surface area contributed by atoms with Crippen LogP contribution in [-0.2, 0) is 0 Å². The third kappa shape index (κ3) is 3.18. The van der Waals surface area contributed by atoms with Gasteiger partial charge >= 0.3 is 0 Å². The molecule has 2 amide bonds. The van der Waals surface area contributed by atoms with Crippen molar-refractivity contribution in [3.63, 3.8) is 0 Å². The Labute approximate surface area is 183 Å². The number of H-pyrrole nitrogens is 1. The second-order valence-electron chi connectivity index (χ2n) is 8.11. The molecule has 0 unspecified atom stereocenters. The zero-order valence-corrected chi connectivity index (χ0v) is 18.9. The van der Waals surface area contributed by atoms with Crippen LogP contribution in [0.5, 0.6) is 0 Å². The number of aromatic nitrogens is 1. The van der Waals surface area contributed by atoms with Crippen molar-refractivity contribution in [2.24, 2.45) is 0 Å². The first-order valence-electron chi connectivity index (χ1n) is 10.5. The molecule has 1 aliphatic heterocycles. The summed E-state index contributed by atoms with van der Waals surface area (Å²) in [5.74, 6) is -0.581. The quantitative estimate of drug-likeness (QED) is 0.398. The molecule has 1 aliphatic rings. The molecule has 2 heterocycles. The summed E-state index contributed by atoms with van der Waals surface area (Å²) in [6, 6.07) is 3.51. The van der Waals surface area contributed by atoms with E-state index in [2.05, 4.69) is 34.4 Å². The average Bonchev–Trinajstić information content (AvgIpc) is 2.69. The molecule has 156 valence electrons. The van der Waals surface area contributed by atoms with Crippen molar-refractivity contribution >= 4 is 55.9 Å². The van der Waals surface area contributed by atoms with Crippen molar-refractivity contribution in [2.45, 2.75) is 52.4 Å². The van der Waals surface area contributed by atoms with Gasteiger partial charge in [-0.25, -0.2) is 0 Å².